The van der Waals surface area contributed by atoms with Crippen molar-refractivity contribution < 1.29 is 28.2 Å². The molecule has 2 amide bonds. The number of thioether (sulfide) groups is 1. The first-order chi connectivity index (χ1) is 19.4. The summed E-state index contributed by atoms with van der Waals surface area (Å²) in [5, 5.41) is 14.4. The van der Waals surface area contributed by atoms with Crippen LogP contribution in [0.25, 0.3) is 5.69 Å². The van der Waals surface area contributed by atoms with Crippen LogP contribution >= 0.6 is 11.8 Å². The average Bonchev–Trinajstić information content (AvgIpc) is 3.38. The summed E-state index contributed by atoms with van der Waals surface area (Å²) >= 11 is 1.13. The molecule has 1 heterocycles. The number of halogens is 1. The zero-order valence-corrected chi connectivity index (χ0v) is 22.5. The second kappa shape index (κ2) is 13.4. The fraction of sp³-hybridized carbons (Fsp3) is 0.179. The topological polar surface area (TPSA) is 124 Å². The maximum Gasteiger partial charge on any atom is 0.338 e. The Balaban J connectivity index is 1.44. The average molecular weight is 564 g/mol. The van der Waals surface area contributed by atoms with E-state index in [1.165, 1.54) is 12.1 Å². The number of rotatable bonds is 11. The Morgan fingerprint density at radius 1 is 0.925 bits per heavy atom. The van der Waals surface area contributed by atoms with E-state index < -0.39 is 11.8 Å². The van der Waals surface area contributed by atoms with Gasteiger partial charge in [-0.1, -0.05) is 11.8 Å². The van der Waals surface area contributed by atoms with Gasteiger partial charge < -0.3 is 20.1 Å². The van der Waals surface area contributed by atoms with Crippen LogP contribution in [0.4, 0.5) is 10.1 Å². The number of nitrogens with zero attached hydrogens (tertiary/aromatic N) is 3. The van der Waals surface area contributed by atoms with Crippen LogP contribution in [0.5, 0.6) is 5.75 Å². The predicted molar refractivity (Wildman–Crippen MR) is 147 cm³/mol. The van der Waals surface area contributed by atoms with Gasteiger partial charge in [0.05, 0.1) is 31.6 Å². The largest absolute Gasteiger partial charge is 0.497 e. The van der Waals surface area contributed by atoms with Gasteiger partial charge in [-0.3, -0.25) is 14.2 Å². The molecule has 4 aromatic rings. The van der Waals surface area contributed by atoms with E-state index in [2.05, 4.69) is 20.8 Å². The van der Waals surface area contributed by atoms with Crippen molar-refractivity contribution >= 4 is 35.2 Å². The number of nitrogens with one attached hydrogen (secondary N) is 2. The Hall–Kier alpha value is -4.71. The lowest BCUT2D eigenvalue weighted by Gasteiger charge is -2.11. The van der Waals surface area contributed by atoms with Gasteiger partial charge in [0.2, 0.25) is 5.91 Å². The molecule has 0 spiro atoms. The third-order valence-electron chi connectivity index (χ3n) is 5.56. The molecule has 0 aliphatic carbocycles. The van der Waals surface area contributed by atoms with Crippen LogP contribution in [0.2, 0.25) is 0 Å². The summed E-state index contributed by atoms with van der Waals surface area (Å²) < 4.78 is 25.3. The third kappa shape index (κ3) is 7.23. The SMILES string of the molecule is CCOC(=O)c1ccc(NC(=O)CSc2nnc(CNC(=O)c3ccc(OC)cc3)n2-c2ccc(F)cc2)cc1. The molecule has 206 valence electrons. The highest BCUT2D eigenvalue weighted by atomic mass is 32.2. The number of carbonyl (C=O) groups is 3. The summed E-state index contributed by atoms with van der Waals surface area (Å²) in [5.41, 5.74) is 1.90. The monoisotopic (exact) mass is 563 g/mol. The molecule has 3 aromatic carbocycles. The van der Waals surface area contributed by atoms with E-state index in [-0.39, 0.29) is 30.7 Å². The maximum atomic E-state index is 13.6. The van der Waals surface area contributed by atoms with Gasteiger partial charge in [0.1, 0.15) is 11.6 Å². The molecular formula is C28H26FN5O5S. The van der Waals surface area contributed by atoms with Crippen LogP contribution in [0.3, 0.4) is 0 Å². The van der Waals surface area contributed by atoms with E-state index in [1.54, 1.807) is 79.3 Å². The first-order valence-corrected chi connectivity index (χ1v) is 13.2. The van der Waals surface area contributed by atoms with Crippen molar-refractivity contribution in [3.8, 4) is 11.4 Å². The van der Waals surface area contributed by atoms with E-state index in [0.717, 1.165) is 11.8 Å². The van der Waals surface area contributed by atoms with Crippen molar-refractivity contribution in [2.75, 3.05) is 24.8 Å². The van der Waals surface area contributed by atoms with Crippen LogP contribution < -0.4 is 15.4 Å². The highest BCUT2D eigenvalue weighted by molar-refractivity contribution is 7.99. The van der Waals surface area contributed by atoms with Crippen LogP contribution in [-0.2, 0) is 16.1 Å². The number of amides is 2. The normalized spacial score (nSPS) is 10.6. The van der Waals surface area contributed by atoms with Crippen molar-refractivity contribution in [3.63, 3.8) is 0 Å². The lowest BCUT2D eigenvalue weighted by molar-refractivity contribution is -0.113. The van der Waals surface area contributed by atoms with E-state index in [4.69, 9.17) is 9.47 Å². The second-order valence-electron chi connectivity index (χ2n) is 8.26. The summed E-state index contributed by atoms with van der Waals surface area (Å²) in [6.45, 7) is 2.03. The number of hydrogen-bond donors (Lipinski definition) is 2. The molecular weight excluding hydrogens is 537 g/mol. The molecule has 0 fully saturated rings. The third-order valence-corrected chi connectivity index (χ3v) is 6.49. The first-order valence-electron chi connectivity index (χ1n) is 12.2. The van der Waals surface area contributed by atoms with Crippen molar-refractivity contribution in [1.82, 2.24) is 20.1 Å². The Morgan fingerprint density at radius 2 is 1.60 bits per heavy atom. The van der Waals surface area contributed by atoms with Gasteiger partial charge in [0.15, 0.2) is 11.0 Å². The number of carbonyl (C=O) groups excluding carboxylic acids is 3. The molecule has 4 rings (SSSR count). The zero-order chi connectivity index (χ0) is 28.5. The number of benzene rings is 3. The molecule has 0 aliphatic rings. The van der Waals surface area contributed by atoms with Gasteiger partial charge in [-0.2, -0.15) is 0 Å². The van der Waals surface area contributed by atoms with Gasteiger partial charge in [-0.15, -0.1) is 10.2 Å². The Bertz CT molecular complexity index is 1470. The van der Waals surface area contributed by atoms with Gasteiger partial charge in [-0.05, 0) is 79.7 Å². The Morgan fingerprint density at radius 3 is 2.25 bits per heavy atom. The number of ether oxygens (including phenoxy) is 2. The van der Waals surface area contributed by atoms with Gasteiger partial charge in [0.25, 0.3) is 5.91 Å². The van der Waals surface area contributed by atoms with E-state index in [0.29, 0.717) is 39.2 Å². The number of anilines is 1. The molecule has 1 aromatic heterocycles. The predicted octanol–water partition coefficient (Wildman–Crippen LogP) is 4.25. The van der Waals surface area contributed by atoms with E-state index >= 15 is 0 Å². The van der Waals surface area contributed by atoms with E-state index in [9.17, 15) is 18.8 Å². The second-order valence-corrected chi connectivity index (χ2v) is 9.20. The number of methoxy groups -OCH3 is 1. The molecule has 0 saturated carbocycles. The molecule has 0 radical (unpaired) electrons. The maximum absolute atomic E-state index is 13.6. The fourth-order valence-corrected chi connectivity index (χ4v) is 4.36. The minimum Gasteiger partial charge on any atom is -0.497 e. The van der Waals surface area contributed by atoms with Crippen LogP contribution in [0.1, 0.15) is 33.5 Å². The van der Waals surface area contributed by atoms with Gasteiger partial charge in [0, 0.05) is 16.9 Å². The van der Waals surface area contributed by atoms with Gasteiger partial charge >= 0.3 is 5.97 Å². The Kier molecular flexibility index (Phi) is 9.47. The minimum atomic E-state index is -0.438. The molecule has 0 atom stereocenters. The van der Waals surface area contributed by atoms with Gasteiger partial charge in [-0.25, -0.2) is 9.18 Å². The van der Waals surface area contributed by atoms with Crippen LogP contribution in [0, 0.1) is 5.82 Å². The summed E-state index contributed by atoms with van der Waals surface area (Å²) in [4.78, 5) is 37.1. The number of esters is 1. The molecule has 12 heteroatoms. The van der Waals surface area contributed by atoms with Crippen molar-refractivity contribution in [2.24, 2.45) is 0 Å². The fourth-order valence-electron chi connectivity index (χ4n) is 3.59. The summed E-state index contributed by atoms with van der Waals surface area (Å²) in [6.07, 6.45) is 0. The quantitative estimate of drug-likeness (QED) is 0.205. The first kappa shape index (κ1) is 28.3. The number of aromatic nitrogens is 3. The van der Waals surface area contributed by atoms with Crippen LogP contribution in [0.15, 0.2) is 78.0 Å². The highest BCUT2D eigenvalue weighted by Crippen LogP contribution is 2.23. The van der Waals surface area contributed by atoms with Crippen molar-refractivity contribution in [1.29, 1.82) is 0 Å². The summed E-state index contributed by atoms with van der Waals surface area (Å²) in [6, 6.07) is 18.7. The Labute approximate surface area is 233 Å². The van der Waals surface area contributed by atoms with Crippen molar-refractivity contribution in [2.45, 2.75) is 18.6 Å². The molecule has 2 N–H and O–H groups in total. The smallest absolute Gasteiger partial charge is 0.338 e. The van der Waals surface area contributed by atoms with Crippen molar-refractivity contribution in [3.05, 3.63) is 95.6 Å². The molecule has 40 heavy (non-hydrogen) atoms. The molecule has 0 aliphatic heterocycles. The van der Waals surface area contributed by atoms with Crippen LogP contribution in [-0.4, -0.2) is 52.0 Å². The summed E-state index contributed by atoms with van der Waals surface area (Å²) in [5.74, 6) is -0.452. The summed E-state index contributed by atoms with van der Waals surface area (Å²) in [7, 11) is 1.54. The lowest BCUT2D eigenvalue weighted by Crippen LogP contribution is -2.24. The minimum absolute atomic E-state index is 0.00281. The standard InChI is InChI=1S/C28H26FN5O5S/c1-3-39-27(37)19-4-10-21(11-5-19)31-25(35)17-40-28-33-32-24(34(28)22-12-8-20(29)9-13-22)16-30-26(36)18-6-14-23(38-2)15-7-18/h4-15H,3,16-17H2,1-2H3,(H,30,36)(H,31,35). The number of hydrogen-bond acceptors (Lipinski definition) is 8. The molecule has 0 bridgehead atoms. The lowest BCUT2D eigenvalue weighted by atomic mass is 10.2. The molecule has 0 saturated heterocycles. The highest BCUT2D eigenvalue weighted by Gasteiger charge is 2.18. The molecule has 0 unspecified atom stereocenters. The zero-order valence-electron chi connectivity index (χ0n) is 21.7. The molecule has 10 nitrogen and oxygen atoms in total. The van der Waals surface area contributed by atoms with E-state index in [1.807, 2.05) is 0 Å².